The van der Waals surface area contributed by atoms with Crippen LogP contribution in [0.25, 0.3) is 10.9 Å². The molecule has 4 rings (SSSR count). The molecule has 0 saturated heterocycles. The highest BCUT2D eigenvalue weighted by molar-refractivity contribution is 6.33. The number of aromatic amines is 1. The SMILES string of the molecule is Cc1ccccc1OCCNC(=O)C(Cc1c[nH]c2ccccc12)NC(=O)c1ccccc1Cl. The molecule has 0 aliphatic heterocycles. The molecule has 0 bridgehead atoms. The van der Waals surface area contributed by atoms with E-state index in [1.54, 1.807) is 24.3 Å². The molecule has 6 nitrogen and oxygen atoms in total. The number of carbonyl (C=O) groups is 2. The number of benzene rings is 3. The first-order valence-electron chi connectivity index (χ1n) is 11.1. The second-order valence-corrected chi connectivity index (χ2v) is 8.38. The van der Waals surface area contributed by atoms with E-state index in [1.807, 2.05) is 61.7 Å². The highest BCUT2D eigenvalue weighted by Gasteiger charge is 2.24. The van der Waals surface area contributed by atoms with Crippen LogP contribution in [0.1, 0.15) is 21.5 Å². The quantitative estimate of drug-likeness (QED) is 0.308. The van der Waals surface area contributed by atoms with Gasteiger partial charge in [-0.05, 0) is 42.3 Å². The molecule has 0 saturated carbocycles. The van der Waals surface area contributed by atoms with Crippen LogP contribution in [0.15, 0.2) is 79.0 Å². The maximum atomic E-state index is 13.1. The van der Waals surface area contributed by atoms with Crippen LogP contribution >= 0.6 is 11.6 Å². The lowest BCUT2D eigenvalue weighted by molar-refractivity contribution is -0.123. The number of aromatic nitrogens is 1. The van der Waals surface area contributed by atoms with Gasteiger partial charge in [0.2, 0.25) is 5.91 Å². The Kier molecular flexibility index (Phi) is 7.50. The molecule has 0 radical (unpaired) electrons. The Hall–Kier alpha value is -3.77. The standard InChI is InChI=1S/C27H26ClN3O3/c1-18-8-2-7-13-25(18)34-15-14-29-27(33)24(31-26(32)21-10-3-5-11-22(21)28)16-19-17-30-23-12-6-4-9-20(19)23/h2-13,17,24,30H,14-16H2,1H3,(H,29,33)(H,31,32). The first kappa shape index (κ1) is 23.4. The molecule has 0 aliphatic rings. The Bertz CT molecular complexity index is 1300. The topological polar surface area (TPSA) is 83.2 Å². The smallest absolute Gasteiger partial charge is 0.253 e. The minimum Gasteiger partial charge on any atom is -0.491 e. The molecule has 0 fully saturated rings. The van der Waals surface area contributed by atoms with Crippen molar-refractivity contribution >= 4 is 34.3 Å². The number of rotatable bonds is 9. The van der Waals surface area contributed by atoms with Crippen LogP contribution in [0, 0.1) is 6.92 Å². The maximum Gasteiger partial charge on any atom is 0.253 e. The molecule has 0 spiro atoms. The van der Waals surface area contributed by atoms with Gasteiger partial charge in [0, 0.05) is 23.5 Å². The number of carbonyl (C=O) groups excluding carboxylic acids is 2. The minimum absolute atomic E-state index is 0.293. The summed E-state index contributed by atoms with van der Waals surface area (Å²) >= 11 is 6.19. The van der Waals surface area contributed by atoms with Crippen LogP contribution < -0.4 is 15.4 Å². The molecule has 2 amide bonds. The Morgan fingerprint density at radius 2 is 1.74 bits per heavy atom. The summed E-state index contributed by atoms with van der Waals surface area (Å²) in [4.78, 5) is 29.2. The average Bonchev–Trinajstić information content (AvgIpc) is 3.25. The van der Waals surface area contributed by atoms with E-state index in [9.17, 15) is 9.59 Å². The molecule has 3 N–H and O–H groups in total. The van der Waals surface area contributed by atoms with Gasteiger partial charge in [-0.3, -0.25) is 9.59 Å². The number of hydrogen-bond acceptors (Lipinski definition) is 3. The van der Waals surface area contributed by atoms with Crippen molar-refractivity contribution in [3.63, 3.8) is 0 Å². The summed E-state index contributed by atoms with van der Waals surface area (Å²) < 4.78 is 5.77. The normalized spacial score (nSPS) is 11.7. The Morgan fingerprint density at radius 3 is 2.56 bits per heavy atom. The van der Waals surface area contributed by atoms with Gasteiger partial charge in [-0.25, -0.2) is 0 Å². The lowest BCUT2D eigenvalue weighted by Crippen LogP contribution is -2.48. The number of halogens is 1. The zero-order chi connectivity index (χ0) is 23.9. The summed E-state index contributed by atoms with van der Waals surface area (Å²) in [7, 11) is 0. The van der Waals surface area contributed by atoms with Gasteiger partial charge in [0.1, 0.15) is 18.4 Å². The van der Waals surface area contributed by atoms with E-state index >= 15 is 0 Å². The minimum atomic E-state index is -0.790. The van der Waals surface area contributed by atoms with Crippen molar-refractivity contribution in [2.75, 3.05) is 13.2 Å². The van der Waals surface area contributed by atoms with E-state index in [-0.39, 0.29) is 5.91 Å². The fourth-order valence-corrected chi connectivity index (χ4v) is 4.01. The number of amides is 2. The summed E-state index contributed by atoms with van der Waals surface area (Å²) in [6.45, 7) is 2.59. The molecular weight excluding hydrogens is 450 g/mol. The summed E-state index contributed by atoms with van der Waals surface area (Å²) in [5.74, 6) is 0.0833. The summed E-state index contributed by atoms with van der Waals surface area (Å²) in [5, 5.41) is 7.08. The number of fused-ring (bicyclic) bond motifs is 1. The molecule has 174 valence electrons. The number of aryl methyl sites for hydroxylation is 1. The predicted molar refractivity (Wildman–Crippen MR) is 134 cm³/mol. The Morgan fingerprint density at radius 1 is 1.00 bits per heavy atom. The van der Waals surface area contributed by atoms with Crippen molar-refractivity contribution in [2.45, 2.75) is 19.4 Å². The van der Waals surface area contributed by atoms with E-state index in [1.165, 1.54) is 0 Å². The van der Waals surface area contributed by atoms with Gasteiger partial charge in [-0.15, -0.1) is 0 Å². The van der Waals surface area contributed by atoms with Crippen LogP contribution in [-0.2, 0) is 11.2 Å². The molecule has 34 heavy (non-hydrogen) atoms. The second-order valence-electron chi connectivity index (χ2n) is 7.97. The van der Waals surface area contributed by atoms with Gasteiger partial charge < -0.3 is 20.4 Å². The number of H-pyrrole nitrogens is 1. The van der Waals surface area contributed by atoms with Crippen LogP contribution in [-0.4, -0.2) is 36.0 Å². The van der Waals surface area contributed by atoms with Crippen molar-refractivity contribution < 1.29 is 14.3 Å². The van der Waals surface area contributed by atoms with Crippen molar-refractivity contribution in [3.8, 4) is 5.75 Å². The van der Waals surface area contributed by atoms with Crippen molar-refractivity contribution in [1.82, 2.24) is 15.6 Å². The van der Waals surface area contributed by atoms with E-state index < -0.39 is 11.9 Å². The largest absolute Gasteiger partial charge is 0.491 e. The average molecular weight is 476 g/mol. The monoisotopic (exact) mass is 475 g/mol. The Balaban J connectivity index is 1.46. The first-order valence-corrected chi connectivity index (χ1v) is 11.5. The van der Waals surface area contributed by atoms with Gasteiger partial charge in [0.25, 0.3) is 5.91 Å². The summed E-state index contributed by atoms with van der Waals surface area (Å²) in [6, 6.07) is 21.5. The van der Waals surface area contributed by atoms with Gasteiger partial charge >= 0.3 is 0 Å². The third-order valence-corrected chi connectivity index (χ3v) is 5.92. The molecule has 1 atom stereocenters. The third-order valence-electron chi connectivity index (χ3n) is 5.59. The zero-order valence-electron chi connectivity index (χ0n) is 18.8. The molecule has 1 heterocycles. The number of ether oxygens (including phenoxy) is 1. The summed E-state index contributed by atoms with van der Waals surface area (Å²) in [5.41, 5.74) is 3.26. The van der Waals surface area contributed by atoms with Crippen molar-refractivity contribution in [1.29, 1.82) is 0 Å². The van der Waals surface area contributed by atoms with E-state index in [2.05, 4.69) is 15.6 Å². The zero-order valence-corrected chi connectivity index (χ0v) is 19.6. The molecule has 3 aromatic carbocycles. The fraction of sp³-hybridized carbons (Fsp3) is 0.185. The van der Waals surface area contributed by atoms with Crippen molar-refractivity contribution in [3.05, 3.63) is 101 Å². The number of para-hydroxylation sites is 2. The second kappa shape index (κ2) is 10.9. The van der Waals surface area contributed by atoms with Gasteiger partial charge in [-0.1, -0.05) is 60.1 Å². The van der Waals surface area contributed by atoms with Crippen LogP contribution in [0.3, 0.4) is 0 Å². The van der Waals surface area contributed by atoms with Crippen molar-refractivity contribution in [2.24, 2.45) is 0 Å². The Labute approximate surface area is 203 Å². The van der Waals surface area contributed by atoms with E-state index in [0.717, 1.165) is 27.8 Å². The number of nitrogens with one attached hydrogen (secondary N) is 3. The molecule has 7 heteroatoms. The summed E-state index contributed by atoms with van der Waals surface area (Å²) in [6.07, 6.45) is 2.19. The van der Waals surface area contributed by atoms with E-state index in [0.29, 0.717) is 30.2 Å². The van der Waals surface area contributed by atoms with Crippen LogP contribution in [0.2, 0.25) is 5.02 Å². The first-order chi connectivity index (χ1) is 16.5. The molecular formula is C27H26ClN3O3. The van der Waals surface area contributed by atoms with E-state index in [4.69, 9.17) is 16.3 Å². The highest BCUT2D eigenvalue weighted by atomic mass is 35.5. The third kappa shape index (κ3) is 5.58. The molecule has 0 aliphatic carbocycles. The lowest BCUT2D eigenvalue weighted by atomic mass is 10.0. The van der Waals surface area contributed by atoms with Gasteiger partial charge in [0.05, 0.1) is 17.1 Å². The fourth-order valence-electron chi connectivity index (χ4n) is 3.79. The predicted octanol–water partition coefficient (Wildman–Crippen LogP) is 4.67. The lowest BCUT2D eigenvalue weighted by Gasteiger charge is -2.19. The van der Waals surface area contributed by atoms with Gasteiger partial charge in [0.15, 0.2) is 0 Å². The molecule has 1 aromatic heterocycles. The van der Waals surface area contributed by atoms with Gasteiger partial charge in [-0.2, -0.15) is 0 Å². The highest BCUT2D eigenvalue weighted by Crippen LogP contribution is 2.20. The molecule has 4 aromatic rings. The number of hydrogen-bond donors (Lipinski definition) is 3. The van der Waals surface area contributed by atoms with Crippen LogP contribution in [0.5, 0.6) is 5.75 Å². The van der Waals surface area contributed by atoms with Crippen LogP contribution in [0.4, 0.5) is 0 Å². The molecule has 1 unspecified atom stereocenters. The maximum absolute atomic E-state index is 13.1.